The minimum atomic E-state index is -1.73. The molecule has 57 heavy (non-hydrogen) atoms. The summed E-state index contributed by atoms with van der Waals surface area (Å²) in [6.07, 6.45) is -10.6. The van der Waals surface area contributed by atoms with E-state index < -0.39 is 115 Å². The molecule has 1 saturated carbocycles. The number of ether oxygens (including phenoxy) is 10. The molecule has 17 nitrogen and oxygen atoms in total. The number of carbonyl (C=O) groups is 4. The maximum absolute atomic E-state index is 13.9. The summed E-state index contributed by atoms with van der Waals surface area (Å²) in [6.45, 7) is 7.86. The van der Waals surface area contributed by atoms with Gasteiger partial charge in [0.25, 0.3) is 0 Å². The third-order valence-corrected chi connectivity index (χ3v) is 12.0. The molecule has 0 unspecified atom stereocenters. The van der Waals surface area contributed by atoms with Crippen molar-refractivity contribution in [1.82, 2.24) is 0 Å². The Balaban J connectivity index is 1.03. The van der Waals surface area contributed by atoms with Crippen LogP contribution < -0.4 is 0 Å². The number of epoxide rings is 1. The van der Waals surface area contributed by atoms with Crippen molar-refractivity contribution in [3.8, 4) is 0 Å². The van der Waals surface area contributed by atoms with Gasteiger partial charge >= 0.3 is 23.9 Å². The molecule has 17 atom stereocenters. The van der Waals surface area contributed by atoms with Gasteiger partial charge in [0.15, 0.2) is 30.2 Å². The van der Waals surface area contributed by atoms with Gasteiger partial charge in [0.1, 0.15) is 24.4 Å². The van der Waals surface area contributed by atoms with Gasteiger partial charge in [-0.1, -0.05) is 37.3 Å². The van der Waals surface area contributed by atoms with Gasteiger partial charge < -0.3 is 62.7 Å². The fourth-order valence-electron chi connectivity index (χ4n) is 8.89. The maximum atomic E-state index is 13.9. The van der Waals surface area contributed by atoms with E-state index in [0.717, 1.165) is 19.4 Å². The summed E-state index contributed by atoms with van der Waals surface area (Å²) in [5.41, 5.74) is 0.105. The molecule has 7 rings (SSSR count). The Morgan fingerprint density at radius 2 is 1.47 bits per heavy atom. The number of carbonyl (C=O) groups excluding carboxylic acids is 4. The molecule has 6 aliphatic rings. The first-order chi connectivity index (χ1) is 27.1. The molecule has 1 aromatic rings. The molecular formula is C40H52O17. The molecule has 0 radical (unpaired) electrons. The first-order valence-electron chi connectivity index (χ1n) is 19.6. The summed E-state index contributed by atoms with van der Waals surface area (Å²) >= 11 is 0. The highest BCUT2D eigenvalue weighted by atomic mass is 16.8. The van der Waals surface area contributed by atoms with Gasteiger partial charge in [0, 0.05) is 38.2 Å². The monoisotopic (exact) mass is 804 g/mol. The average molecular weight is 805 g/mol. The molecule has 17 heteroatoms. The van der Waals surface area contributed by atoms with E-state index in [1.165, 1.54) is 19.9 Å². The van der Waals surface area contributed by atoms with Crippen molar-refractivity contribution in [3.63, 3.8) is 0 Å². The van der Waals surface area contributed by atoms with Crippen LogP contribution in [0.5, 0.6) is 0 Å². The Morgan fingerprint density at radius 3 is 2.16 bits per heavy atom. The second-order valence-corrected chi connectivity index (χ2v) is 16.0. The lowest BCUT2D eigenvalue weighted by Gasteiger charge is -2.46. The van der Waals surface area contributed by atoms with E-state index in [1.54, 1.807) is 6.08 Å². The van der Waals surface area contributed by atoms with Gasteiger partial charge in [-0.05, 0) is 44.7 Å². The molecule has 5 saturated heterocycles. The maximum Gasteiger partial charge on any atom is 0.331 e. The van der Waals surface area contributed by atoms with Crippen molar-refractivity contribution in [1.29, 1.82) is 0 Å². The zero-order chi connectivity index (χ0) is 40.8. The lowest BCUT2D eigenvalue weighted by atomic mass is 9.72. The van der Waals surface area contributed by atoms with Crippen molar-refractivity contribution in [2.75, 3.05) is 13.2 Å². The molecule has 5 aliphatic heterocycles. The molecule has 3 N–H and O–H groups in total. The average Bonchev–Trinajstić information content (AvgIpc) is 3.94. The fraction of sp³-hybridized carbons (Fsp3) is 0.700. The zero-order valence-corrected chi connectivity index (χ0v) is 32.5. The first kappa shape index (κ1) is 41.6. The predicted molar refractivity (Wildman–Crippen MR) is 191 cm³/mol. The highest BCUT2D eigenvalue weighted by molar-refractivity contribution is 5.87. The third-order valence-electron chi connectivity index (χ3n) is 12.0. The van der Waals surface area contributed by atoms with E-state index >= 15 is 0 Å². The van der Waals surface area contributed by atoms with Gasteiger partial charge in [0.2, 0.25) is 12.1 Å². The third kappa shape index (κ3) is 8.36. The number of hydrogen-bond donors (Lipinski definition) is 3. The number of hydrogen-bond acceptors (Lipinski definition) is 17. The van der Waals surface area contributed by atoms with Crippen LogP contribution in [0.2, 0.25) is 0 Å². The van der Waals surface area contributed by atoms with Crippen molar-refractivity contribution in [2.24, 2.45) is 17.8 Å². The summed E-state index contributed by atoms with van der Waals surface area (Å²) in [5, 5.41) is 33.1. The Bertz CT molecular complexity index is 1670. The minimum Gasteiger partial charge on any atom is -0.459 e. The van der Waals surface area contributed by atoms with Gasteiger partial charge in [-0.15, -0.1) is 0 Å². The van der Waals surface area contributed by atoms with Gasteiger partial charge in [-0.3, -0.25) is 14.4 Å². The van der Waals surface area contributed by atoms with Crippen LogP contribution in [-0.4, -0.2) is 137 Å². The topological polar surface area (TPSA) is 225 Å². The van der Waals surface area contributed by atoms with E-state index in [0.29, 0.717) is 19.4 Å². The number of esters is 4. The first-order valence-corrected chi connectivity index (χ1v) is 19.6. The molecular weight excluding hydrogens is 752 g/mol. The summed E-state index contributed by atoms with van der Waals surface area (Å²) in [6, 6.07) is 9.42. The van der Waals surface area contributed by atoms with Crippen LogP contribution in [0.15, 0.2) is 36.4 Å². The van der Waals surface area contributed by atoms with Crippen LogP contribution >= 0.6 is 0 Å². The van der Waals surface area contributed by atoms with Gasteiger partial charge in [-0.2, -0.15) is 0 Å². The number of fused-ring (bicyclic) bond motifs is 3. The van der Waals surface area contributed by atoms with Gasteiger partial charge in [0.05, 0.1) is 37.4 Å². The van der Waals surface area contributed by atoms with Crippen LogP contribution in [0.4, 0.5) is 0 Å². The van der Waals surface area contributed by atoms with Crippen LogP contribution in [0.1, 0.15) is 65.9 Å². The normalized spacial score (nSPS) is 44.0. The van der Waals surface area contributed by atoms with Crippen LogP contribution in [0, 0.1) is 17.8 Å². The molecule has 1 aromatic carbocycles. The molecule has 1 aliphatic carbocycles. The number of aliphatic hydroxyl groups is 3. The largest absolute Gasteiger partial charge is 0.459 e. The summed E-state index contributed by atoms with van der Waals surface area (Å²) in [5.74, 6) is -4.72. The number of benzene rings is 1. The molecule has 6 fully saturated rings. The zero-order valence-electron chi connectivity index (χ0n) is 32.5. The second-order valence-electron chi connectivity index (χ2n) is 16.0. The Morgan fingerprint density at radius 1 is 0.789 bits per heavy atom. The van der Waals surface area contributed by atoms with Crippen molar-refractivity contribution in [3.05, 3.63) is 42.0 Å². The Kier molecular flexibility index (Phi) is 12.1. The van der Waals surface area contributed by atoms with E-state index in [9.17, 15) is 34.5 Å². The highest BCUT2D eigenvalue weighted by Gasteiger charge is 2.76. The molecule has 5 heterocycles. The summed E-state index contributed by atoms with van der Waals surface area (Å²) in [4.78, 5) is 50.5. The van der Waals surface area contributed by atoms with E-state index in [-0.39, 0.29) is 31.3 Å². The smallest absolute Gasteiger partial charge is 0.331 e. The van der Waals surface area contributed by atoms with E-state index in [2.05, 4.69) is 0 Å². The van der Waals surface area contributed by atoms with Crippen LogP contribution in [-0.2, 0) is 66.5 Å². The Labute approximate surface area is 329 Å². The van der Waals surface area contributed by atoms with Crippen molar-refractivity contribution < 1.29 is 81.9 Å². The Hall–Kier alpha value is -3.52. The molecule has 0 amide bonds. The second kappa shape index (κ2) is 16.6. The fourth-order valence-corrected chi connectivity index (χ4v) is 8.89. The standard InChI is InChI=1S/C40H52O17/c1-19-17-48-40(16-28(19)54-29(43)14-11-24-9-7-6-8-10-24)39(18-49-39)26-13-12-25(15-27(26)57-40)36(47)56-38-35(31(45)33(21(3)51-38)52-22(4)41)55-37-32(46)34(53-23(5)42)30(44)20(2)50-37/h6-11,14,19-21,25-28,30-35,37-38,44-46H,12-13,15-18H2,1-5H3/b14-11+/t19-,20-,21-,25+,26+,27-,28+,30+,31+,32-,33+,34-,35-,37-,38+,39+,40+/m0/s1. The summed E-state index contributed by atoms with van der Waals surface area (Å²) in [7, 11) is 0. The lowest BCUT2D eigenvalue weighted by molar-refractivity contribution is -0.358. The number of rotatable bonds is 9. The molecule has 314 valence electrons. The van der Waals surface area contributed by atoms with E-state index in [4.69, 9.17) is 47.4 Å². The van der Waals surface area contributed by atoms with Crippen molar-refractivity contribution in [2.45, 2.75) is 145 Å². The SMILES string of the molecule is CC(=O)O[C@@H]1[C@H](O)[C@H](O[C@@H]2[C@@H](OC(=O)[C@@H]3CC[C@@H]4[C@H](C3)O[C@]3(C[C@@H](OC(=O)/C=C/c5ccccc5)[C@@H](C)CO3)[C@@]43CO3)O[C@@H](C)[C@@H](OC(C)=O)[C@H]2O)O[C@@H](C)[C@H]1O. The van der Waals surface area contributed by atoms with Crippen molar-refractivity contribution >= 4 is 30.0 Å². The molecule has 2 spiro atoms. The lowest BCUT2D eigenvalue weighted by Crippen LogP contribution is -2.64. The highest BCUT2D eigenvalue weighted by Crippen LogP contribution is 2.62. The molecule has 0 aromatic heterocycles. The quantitative estimate of drug-likeness (QED) is 0.139. The van der Waals surface area contributed by atoms with Crippen LogP contribution in [0.25, 0.3) is 6.08 Å². The number of aliphatic hydroxyl groups excluding tert-OH is 3. The van der Waals surface area contributed by atoms with E-state index in [1.807, 2.05) is 37.3 Å². The minimum absolute atomic E-state index is 0.106. The predicted octanol–water partition coefficient (Wildman–Crippen LogP) is 1.31. The molecule has 0 bridgehead atoms. The van der Waals surface area contributed by atoms with Gasteiger partial charge in [-0.25, -0.2) is 4.79 Å². The van der Waals surface area contributed by atoms with Crippen LogP contribution in [0.3, 0.4) is 0 Å². The summed E-state index contributed by atoms with van der Waals surface area (Å²) < 4.78 is 59.2.